The first-order valence-electron chi connectivity index (χ1n) is 3.08. The monoisotopic (exact) mass is 250 g/mol. The quantitative estimate of drug-likeness (QED) is 0.768. The van der Waals surface area contributed by atoms with Crippen LogP contribution in [0.4, 0.5) is 0 Å². The number of carbonyl (C=O) groups is 1. The number of aliphatic imine (C=N–C) groups is 1. The summed E-state index contributed by atoms with van der Waals surface area (Å²) in [5.74, 6) is -0.998. The van der Waals surface area contributed by atoms with E-state index in [0.717, 1.165) is 16.2 Å². The Morgan fingerprint density at radius 1 is 1.92 bits per heavy atom. The van der Waals surface area contributed by atoms with Crippen molar-refractivity contribution in [3.63, 3.8) is 0 Å². The predicted octanol–water partition coefficient (Wildman–Crippen LogP) is 0.998. The molecule has 0 aromatic carbocycles. The molecule has 1 heterocycles. The normalized spacial score (nSPS) is 27.7. The summed E-state index contributed by atoms with van der Waals surface area (Å²) in [6.45, 7) is 0. The van der Waals surface area contributed by atoms with Gasteiger partial charge in [-0.25, -0.2) is 9.79 Å². The number of rotatable bonds is 2. The first-order valence-corrected chi connectivity index (χ1v) is 5.09. The van der Waals surface area contributed by atoms with Gasteiger partial charge < -0.3 is 10.4 Å². The van der Waals surface area contributed by atoms with Crippen molar-refractivity contribution < 1.29 is 9.90 Å². The molecule has 0 bridgehead atoms. The summed E-state index contributed by atoms with van der Waals surface area (Å²) in [4.78, 5) is 13.4. The lowest BCUT2D eigenvalue weighted by Crippen LogP contribution is -2.46. The highest BCUT2D eigenvalue weighted by Gasteiger charge is 2.37. The Balaban J connectivity index is 2.88. The largest absolute Gasteiger partial charge is 0.477 e. The summed E-state index contributed by atoms with van der Waals surface area (Å²) in [6, 6.07) is 0. The molecule has 2 N–H and O–H groups in total. The summed E-state index contributed by atoms with van der Waals surface area (Å²) in [7, 11) is 0. The zero-order valence-corrected chi connectivity index (χ0v) is 8.65. The van der Waals surface area contributed by atoms with Crippen LogP contribution < -0.4 is 5.32 Å². The predicted molar refractivity (Wildman–Crippen MR) is 52.5 cm³/mol. The number of aliphatic carboxylic acids is 1. The van der Waals surface area contributed by atoms with E-state index >= 15 is 0 Å². The van der Waals surface area contributed by atoms with Crippen molar-refractivity contribution >= 4 is 39.9 Å². The van der Waals surface area contributed by atoms with Crippen LogP contribution in [-0.2, 0) is 4.79 Å². The highest BCUT2D eigenvalue weighted by Crippen LogP contribution is 2.25. The minimum Gasteiger partial charge on any atom is -0.477 e. The van der Waals surface area contributed by atoms with E-state index in [-0.39, 0.29) is 0 Å². The fraction of sp³-hybridized carbons (Fsp3) is 0.333. The fourth-order valence-corrected chi connectivity index (χ4v) is 1.44. The summed E-state index contributed by atoms with van der Waals surface area (Å²) in [5, 5.41) is 11.5. The van der Waals surface area contributed by atoms with Gasteiger partial charge in [-0.3, -0.25) is 0 Å². The molecule has 1 unspecified atom stereocenters. The zero-order chi connectivity index (χ0) is 9.19. The molecule has 0 spiro atoms. The number of allylic oxidation sites excluding steroid dienone is 1. The van der Waals surface area contributed by atoms with E-state index in [0.29, 0.717) is 0 Å². The van der Waals surface area contributed by atoms with Crippen LogP contribution in [0.5, 0.6) is 0 Å². The number of carboxylic acid groups (broad SMARTS) is 1. The Morgan fingerprint density at radius 3 is 2.92 bits per heavy atom. The van der Waals surface area contributed by atoms with Gasteiger partial charge in [0, 0.05) is 12.4 Å². The molecule has 4 nitrogen and oxygen atoms in total. The second kappa shape index (κ2) is 3.49. The first kappa shape index (κ1) is 9.60. The zero-order valence-electron chi connectivity index (χ0n) is 6.24. The molecule has 0 saturated carbocycles. The molecule has 6 heteroatoms. The molecule has 12 heavy (non-hydrogen) atoms. The van der Waals surface area contributed by atoms with Crippen molar-refractivity contribution in [1.82, 2.24) is 5.32 Å². The van der Waals surface area contributed by atoms with Gasteiger partial charge in [-0.1, -0.05) is 0 Å². The topological polar surface area (TPSA) is 61.7 Å². The number of thioether (sulfide) groups is 1. The summed E-state index contributed by atoms with van der Waals surface area (Å²) in [6.07, 6.45) is 4.73. The van der Waals surface area contributed by atoms with Crippen molar-refractivity contribution in [3.05, 3.63) is 10.7 Å². The van der Waals surface area contributed by atoms with E-state index in [1.165, 1.54) is 6.21 Å². The van der Waals surface area contributed by atoms with Gasteiger partial charge in [0.1, 0.15) is 0 Å². The Kier molecular flexibility index (Phi) is 2.79. The Hall–Kier alpha value is -0.490. The minimum atomic E-state index is -1.25. The lowest BCUT2D eigenvalue weighted by molar-refractivity contribution is -0.140. The van der Waals surface area contributed by atoms with E-state index in [1.54, 1.807) is 12.5 Å². The van der Waals surface area contributed by atoms with E-state index < -0.39 is 11.0 Å². The molecular formula is C6H7BrN2O2S. The van der Waals surface area contributed by atoms with Crippen molar-refractivity contribution in [2.24, 2.45) is 4.99 Å². The van der Waals surface area contributed by atoms with Crippen LogP contribution in [0.15, 0.2) is 15.7 Å². The van der Waals surface area contributed by atoms with Gasteiger partial charge in [0.15, 0.2) is 0 Å². The molecule has 0 amide bonds. The maximum atomic E-state index is 10.8. The second-order valence-corrected chi connectivity index (χ2v) is 4.00. The number of hydrogen-bond donors (Lipinski definition) is 2. The van der Waals surface area contributed by atoms with Crippen LogP contribution in [0.25, 0.3) is 0 Å². The van der Waals surface area contributed by atoms with Crippen LogP contribution >= 0.6 is 27.7 Å². The number of nitrogens with one attached hydrogen (secondary N) is 1. The second-order valence-electron chi connectivity index (χ2n) is 2.09. The molecule has 0 radical (unpaired) electrons. The molecule has 1 rings (SSSR count). The molecular weight excluding hydrogens is 244 g/mol. The molecule has 0 aromatic heterocycles. The maximum absolute atomic E-state index is 10.8. The van der Waals surface area contributed by atoms with Gasteiger partial charge in [-0.05, 0) is 22.2 Å². The SMILES string of the molecule is CSC1(C(=O)O)N=CC(Br)=CN1. The number of hydrogen-bond acceptors (Lipinski definition) is 4. The van der Waals surface area contributed by atoms with Gasteiger partial charge >= 0.3 is 5.97 Å². The summed E-state index contributed by atoms with van der Waals surface area (Å²) in [5.41, 5.74) is 0. The number of halogens is 1. The van der Waals surface area contributed by atoms with Crippen LogP contribution in [0.2, 0.25) is 0 Å². The highest BCUT2D eigenvalue weighted by atomic mass is 79.9. The van der Waals surface area contributed by atoms with Crippen molar-refractivity contribution in [3.8, 4) is 0 Å². The smallest absolute Gasteiger partial charge is 0.363 e. The minimum absolute atomic E-state index is 0.730. The van der Waals surface area contributed by atoms with Crippen LogP contribution in [-0.4, -0.2) is 28.5 Å². The maximum Gasteiger partial charge on any atom is 0.363 e. The van der Waals surface area contributed by atoms with Gasteiger partial charge in [-0.15, -0.1) is 11.8 Å². The van der Waals surface area contributed by atoms with E-state index in [4.69, 9.17) is 5.11 Å². The van der Waals surface area contributed by atoms with Crippen LogP contribution in [0.1, 0.15) is 0 Å². The lowest BCUT2D eigenvalue weighted by atomic mass is 10.4. The summed E-state index contributed by atoms with van der Waals surface area (Å²) < 4.78 is 0.730. The standard InChI is InChI=1S/C6H7BrN2O2S/c1-12-6(5(10)11)8-2-4(7)3-9-6/h2-3,8H,1H3,(H,10,11). The molecule has 1 aliphatic heterocycles. The van der Waals surface area contributed by atoms with Gasteiger partial charge in [0.05, 0.1) is 4.48 Å². The van der Waals surface area contributed by atoms with Crippen molar-refractivity contribution in [2.45, 2.75) is 4.99 Å². The fourth-order valence-electron chi connectivity index (χ4n) is 0.710. The molecule has 66 valence electrons. The average Bonchev–Trinajstić information content (AvgIpc) is 2.06. The van der Waals surface area contributed by atoms with Crippen molar-refractivity contribution in [2.75, 3.05) is 6.26 Å². The lowest BCUT2D eigenvalue weighted by Gasteiger charge is -2.25. The van der Waals surface area contributed by atoms with Crippen LogP contribution in [0.3, 0.4) is 0 Å². The Labute approximate surface area is 82.3 Å². The third kappa shape index (κ3) is 1.64. The Morgan fingerprint density at radius 2 is 2.58 bits per heavy atom. The molecule has 0 fully saturated rings. The summed E-state index contributed by atoms with van der Waals surface area (Å²) >= 11 is 4.29. The van der Waals surface area contributed by atoms with E-state index in [9.17, 15) is 4.79 Å². The number of nitrogens with zero attached hydrogens (tertiary/aromatic N) is 1. The first-order chi connectivity index (χ1) is 5.60. The van der Waals surface area contributed by atoms with Gasteiger partial charge in [0.2, 0.25) is 0 Å². The van der Waals surface area contributed by atoms with Crippen LogP contribution in [0, 0.1) is 0 Å². The third-order valence-electron chi connectivity index (χ3n) is 1.36. The molecule has 0 saturated heterocycles. The van der Waals surface area contributed by atoms with E-state index in [1.807, 2.05) is 0 Å². The Bertz CT molecular complexity index is 266. The molecule has 0 aliphatic carbocycles. The number of carboxylic acids is 1. The molecule has 1 atom stereocenters. The van der Waals surface area contributed by atoms with Gasteiger partial charge in [-0.2, -0.15) is 0 Å². The van der Waals surface area contributed by atoms with Gasteiger partial charge in [0.25, 0.3) is 4.99 Å². The highest BCUT2D eigenvalue weighted by molar-refractivity contribution is 9.12. The third-order valence-corrected chi connectivity index (χ3v) is 2.78. The van der Waals surface area contributed by atoms with E-state index in [2.05, 4.69) is 26.2 Å². The molecule has 1 aliphatic rings. The van der Waals surface area contributed by atoms with Crippen molar-refractivity contribution in [1.29, 1.82) is 0 Å². The molecule has 0 aromatic rings. The average molecular weight is 251 g/mol.